The summed E-state index contributed by atoms with van der Waals surface area (Å²) in [5.74, 6) is -1.41. The van der Waals surface area contributed by atoms with Gasteiger partial charge in [0.25, 0.3) is 5.91 Å². The van der Waals surface area contributed by atoms with Gasteiger partial charge in [-0.15, -0.1) is 0 Å². The lowest BCUT2D eigenvalue weighted by Gasteiger charge is -2.27. The molecule has 1 aromatic heterocycles. The van der Waals surface area contributed by atoms with Crippen molar-refractivity contribution in [3.8, 4) is 0 Å². The second kappa shape index (κ2) is 9.16. The van der Waals surface area contributed by atoms with Crippen molar-refractivity contribution in [2.75, 3.05) is 0 Å². The molecule has 5 rings (SSSR count). The maximum absolute atomic E-state index is 13.8. The Bertz CT molecular complexity index is 1390. The van der Waals surface area contributed by atoms with Gasteiger partial charge < -0.3 is 11.1 Å². The van der Waals surface area contributed by atoms with Crippen LogP contribution in [0, 0.1) is 0 Å². The molecule has 4 aromatic carbocycles. The van der Waals surface area contributed by atoms with E-state index in [9.17, 15) is 9.59 Å². The highest BCUT2D eigenvalue weighted by molar-refractivity contribution is 6.16. The summed E-state index contributed by atoms with van der Waals surface area (Å²) >= 11 is 0. The molecule has 0 spiro atoms. The van der Waals surface area contributed by atoms with E-state index in [1.165, 1.54) is 0 Å². The molecule has 5 aromatic rings. The van der Waals surface area contributed by atoms with E-state index in [4.69, 9.17) is 10.7 Å². The highest BCUT2D eigenvalue weighted by Gasteiger charge is 2.32. The van der Waals surface area contributed by atoms with Crippen LogP contribution in [0.1, 0.15) is 27.4 Å². The number of hydrogen-bond donors (Lipinski definition) is 2. The Hall–Kier alpha value is -4.51. The minimum Gasteiger partial charge on any atom is -0.368 e. The molecule has 5 heteroatoms. The maximum Gasteiger partial charge on any atom is 0.253 e. The number of carbonyl (C=O) groups is 2. The van der Waals surface area contributed by atoms with Gasteiger partial charge in [0, 0.05) is 16.7 Å². The Morgan fingerprint density at radius 1 is 0.647 bits per heavy atom. The average molecular weight is 446 g/mol. The number of rotatable bonds is 6. The van der Waals surface area contributed by atoms with Crippen molar-refractivity contribution in [3.05, 3.63) is 126 Å². The molecule has 0 radical (unpaired) electrons. The van der Waals surface area contributed by atoms with Crippen LogP contribution in [0.5, 0.6) is 0 Å². The standard InChI is InChI=1S/C29H23N3O2/c30-28(33)27(25(19-11-3-1-4-12-19)20-13-5-2-6-14-20)32-29(34)26-21-15-7-9-17-23(21)31-24-18-10-8-16-22(24)26/h1-18,25,27H,(H2,30,33)(H,32,34)/t27-/m0/s1. The number of hydrogen-bond acceptors (Lipinski definition) is 3. The van der Waals surface area contributed by atoms with E-state index < -0.39 is 17.9 Å². The average Bonchev–Trinajstić information content (AvgIpc) is 2.88. The number of carbonyl (C=O) groups excluding carboxylic acids is 2. The van der Waals surface area contributed by atoms with Crippen LogP contribution in [-0.4, -0.2) is 22.8 Å². The number of pyridine rings is 1. The third kappa shape index (κ3) is 3.99. The second-order valence-electron chi connectivity index (χ2n) is 8.17. The molecule has 166 valence electrons. The lowest BCUT2D eigenvalue weighted by atomic mass is 9.84. The Morgan fingerprint density at radius 2 is 1.09 bits per heavy atom. The lowest BCUT2D eigenvalue weighted by Crippen LogP contribution is -2.48. The summed E-state index contributed by atoms with van der Waals surface area (Å²) in [4.78, 5) is 31.3. The van der Waals surface area contributed by atoms with Gasteiger partial charge in [-0.1, -0.05) is 97.1 Å². The monoisotopic (exact) mass is 445 g/mol. The van der Waals surface area contributed by atoms with Crippen molar-refractivity contribution in [1.82, 2.24) is 10.3 Å². The molecule has 1 atom stereocenters. The fourth-order valence-corrected chi connectivity index (χ4v) is 4.51. The van der Waals surface area contributed by atoms with Crippen molar-refractivity contribution in [1.29, 1.82) is 0 Å². The zero-order valence-corrected chi connectivity index (χ0v) is 18.4. The van der Waals surface area contributed by atoms with E-state index >= 15 is 0 Å². The summed E-state index contributed by atoms with van der Waals surface area (Å²) in [6, 6.07) is 33.3. The van der Waals surface area contributed by atoms with Crippen LogP contribution in [0.2, 0.25) is 0 Å². The molecule has 0 aliphatic heterocycles. The number of nitrogens with one attached hydrogen (secondary N) is 1. The Labute approximate surface area is 197 Å². The molecular formula is C29H23N3O2. The summed E-state index contributed by atoms with van der Waals surface area (Å²) in [7, 11) is 0. The van der Waals surface area contributed by atoms with Crippen LogP contribution >= 0.6 is 0 Å². The normalized spacial score (nSPS) is 12.0. The molecule has 0 unspecified atom stereocenters. The largest absolute Gasteiger partial charge is 0.368 e. The molecule has 5 nitrogen and oxygen atoms in total. The van der Waals surface area contributed by atoms with Crippen molar-refractivity contribution in [2.45, 2.75) is 12.0 Å². The molecule has 34 heavy (non-hydrogen) atoms. The zero-order chi connectivity index (χ0) is 23.5. The molecule has 3 N–H and O–H groups in total. The van der Waals surface area contributed by atoms with Gasteiger partial charge in [-0.05, 0) is 23.3 Å². The third-order valence-electron chi connectivity index (χ3n) is 6.06. The number of aromatic nitrogens is 1. The van der Waals surface area contributed by atoms with Crippen molar-refractivity contribution >= 4 is 33.6 Å². The topological polar surface area (TPSA) is 85.1 Å². The first-order valence-electron chi connectivity index (χ1n) is 11.1. The lowest BCUT2D eigenvalue weighted by molar-refractivity contribution is -0.120. The van der Waals surface area contributed by atoms with Gasteiger partial charge in [-0.2, -0.15) is 0 Å². The predicted octanol–water partition coefficient (Wildman–Crippen LogP) is 4.80. The van der Waals surface area contributed by atoms with Crippen LogP contribution in [0.25, 0.3) is 21.8 Å². The van der Waals surface area contributed by atoms with Crippen molar-refractivity contribution < 1.29 is 9.59 Å². The van der Waals surface area contributed by atoms with Crippen LogP contribution in [0.3, 0.4) is 0 Å². The molecule has 0 aliphatic rings. The quantitative estimate of drug-likeness (QED) is 0.368. The van der Waals surface area contributed by atoms with Crippen LogP contribution in [-0.2, 0) is 4.79 Å². The van der Waals surface area contributed by atoms with E-state index in [0.29, 0.717) is 16.6 Å². The van der Waals surface area contributed by atoms with E-state index in [0.717, 1.165) is 21.9 Å². The number of fused-ring (bicyclic) bond motifs is 2. The Balaban J connectivity index is 1.63. The molecule has 0 saturated carbocycles. The van der Waals surface area contributed by atoms with E-state index in [-0.39, 0.29) is 5.91 Å². The first-order chi connectivity index (χ1) is 16.6. The Morgan fingerprint density at radius 3 is 1.56 bits per heavy atom. The Kier molecular flexibility index (Phi) is 5.75. The predicted molar refractivity (Wildman–Crippen MR) is 134 cm³/mol. The SMILES string of the molecule is NC(=O)[C@@H](NC(=O)c1c2ccccc2nc2ccccc12)C(c1ccccc1)c1ccccc1. The number of primary amides is 1. The van der Waals surface area contributed by atoms with Crippen molar-refractivity contribution in [2.24, 2.45) is 5.73 Å². The summed E-state index contributed by atoms with van der Waals surface area (Å²) in [6.45, 7) is 0. The third-order valence-corrected chi connectivity index (χ3v) is 6.06. The molecule has 0 aliphatic carbocycles. The van der Waals surface area contributed by atoms with E-state index in [1.807, 2.05) is 109 Å². The highest BCUT2D eigenvalue weighted by atomic mass is 16.2. The van der Waals surface area contributed by atoms with Crippen LogP contribution < -0.4 is 11.1 Å². The summed E-state index contributed by atoms with van der Waals surface area (Å²) < 4.78 is 0. The number of para-hydroxylation sites is 2. The molecule has 0 fully saturated rings. The number of amides is 2. The highest BCUT2D eigenvalue weighted by Crippen LogP contribution is 2.30. The van der Waals surface area contributed by atoms with Gasteiger partial charge in [0.15, 0.2) is 0 Å². The number of nitrogens with two attached hydrogens (primary N) is 1. The minimum atomic E-state index is -0.956. The van der Waals surface area contributed by atoms with Crippen LogP contribution in [0.4, 0.5) is 0 Å². The fraction of sp³-hybridized carbons (Fsp3) is 0.0690. The molecule has 0 saturated heterocycles. The summed E-state index contributed by atoms with van der Waals surface area (Å²) in [5, 5.41) is 4.41. The van der Waals surface area contributed by atoms with Gasteiger partial charge in [-0.3, -0.25) is 9.59 Å². The molecular weight excluding hydrogens is 422 g/mol. The fourth-order valence-electron chi connectivity index (χ4n) is 4.51. The minimum absolute atomic E-state index is 0.365. The molecule has 2 amide bonds. The van der Waals surface area contributed by atoms with Crippen LogP contribution in [0.15, 0.2) is 109 Å². The van der Waals surface area contributed by atoms with Gasteiger partial charge in [-0.25, -0.2) is 4.98 Å². The smallest absolute Gasteiger partial charge is 0.253 e. The zero-order valence-electron chi connectivity index (χ0n) is 18.4. The van der Waals surface area contributed by atoms with Crippen molar-refractivity contribution in [3.63, 3.8) is 0 Å². The van der Waals surface area contributed by atoms with Gasteiger partial charge in [0.05, 0.1) is 16.6 Å². The van der Waals surface area contributed by atoms with Gasteiger partial charge in [0.2, 0.25) is 5.91 Å². The van der Waals surface area contributed by atoms with E-state index in [2.05, 4.69) is 5.32 Å². The number of nitrogens with zero attached hydrogens (tertiary/aromatic N) is 1. The first kappa shape index (κ1) is 21.3. The maximum atomic E-state index is 13.8. The van der Waals surface area contributed by atoms with E-state index in [1.54, 1.807) is 0 Å². The summed E-state index contributed by atoms with van der Waals surface area (Å²) in [5.41, 5.74) is 9.58. The van der Waals surface area contributed by atoms with Gasteiger partial charge in [0.1, 0.15) is 6.04 Å². The molecule has 1 heterocycles. The summed E-state index contributed by atoms with van der Waals surface area (Å²) in [6.07, 6.45) is 0. The second-order valence-corrected chi connectivity index (χ2v) is 8.17. The molecule has 0 bridgehead atoms. The van der Waals surface area contributed by atoms with Gasteiger partial charge >= 0.3 is 0 Å². The number of benzene rings is 4. The first-order valence-corrected chi connectivity index (χ1v) is 11.1.